The molecule has 1 amide bonds. The molecule has 2 aromatic carbocycles. The van der Waals surface area contributed by atoms with Gasteiger partial charge in [0.25, 0.3) is 11.5 Å². The second-order valence-electron chi connectivity index (χ2n) is 12.3. The van der Waals surface area contributed by atoms with E-state index in [0.717, 1.165) is 38.0 Å². The molecule has 51 heavy (non-hydrogen) atoms. The smallest absolute Gasteiger partial charge is 0.265 e. The second-order valence-corrected chi connectivity index (χ2v) is 13.0. The van der Waals surface area contributed by atoms with E-state index >= 15 is 0 Å². The molecule has 0 saturated heterocycles. The number of fused-ring (bicyclic) bond motifs is 1. The molecule has 0 spiro atoms. The van der Waals surface area contributed by atoms with Gasteiger partial charge in [0.1, 0.15) is 28.8 Å². The van der Waals surface area contributed by atoms with Crippen molar-refractivity contribution in [3.05, 3.63) is 80.2 Å². The van der Waals surface area contributed by atoms with Crippen molar-refractivity contribution in [2.75, 3.05) is 51.0 Å². The zero-order chi connectivity index (χ0) is 37.1. The van der Waals surface area contributed by atoms with E-state index in [1.807, 2.05) is 38.1 Å². The highest BCUT2D eigenvalue weighted by molar-refractivity contribution is 6.41. The SMILES string of the molecule is CCN(CC)CCCCNc1ncc2cc(-c3c(Cl)c(OC)cc(OC)c3Cl)c(=O)n(CCc3cccc(NC(=O)C(C#N)=CC(C)C)c3)c2n1. The van der Waals surface area contributed by atoms with Crippen LogP contribution in [0.2, 0.25) is 10.0 Å². The number of carbonyl (C=O) groups is 1. The summed E-state index contributed by atoms with van der Waals surface area (Å²) in [6.45, 7) is 12.1. The Kier molecular flexibility index (Phi) is 14.3. The standard InChI is InChI=1S/C38H45Cl2N7O4/c1-7-46(8-2)16-10-9-15-42-38-43-23-27-20-29(32-33(39)30(50-5)21-31(51-6)34(32)40)37(49)47(35(27)45-38)17-14-25-12-11-13-28(19-25)44-36(48)26(22-41)18-24(3)4/h11-13,18-21,23-24H,7-10,14-17H2,1-6H3,(H,44,48)(H,42,43,45). The maximum Gasteiger partial charge on any atom is 0.265 e. The minimum absolute atomic E-state index is 0.0422. The molecule has 0 unspecified atom stereocenters. The second kappa shape index (κ2) is 18.6. The van der Waals surface area contributed by atoms with Gasteiger partial charge < -0.3 is 25.0 Å². The average molecular weight is 735 g/mol. The molecule has 4 aromatic rings. The number of benzene rings is 2. The van der Waals surface area contributed by atoms with Crippen LogP contribution in [0.4, 0.5) is 11.6 Å². The van der Waals surface area contributed by atoms with Crippen molar-refractivity contribution in [2.24, 2.45) is 5.92 Å². The maximum atomic E-state index is 14.4. The third-order valence-corrected chi connectivity index (χ3v) is 9.17. The molecule has 0 aliphatic carbocycles. The van der Waals surface area contributed by atoms with Gasteiger partial charge in [0, 0.05) is 42.0 Å². The van der Waals surface area contributed by atoms with Crippen LogP contribution >= 0.6 is 23.2 Å². The van der Waals surface area contributed by atoms with Gasteiger partial charge in [0.05, 0.1) is 29.8 Å². The number of ether oxygens (including phenoxy) is 2. The van der Waals surface area contributed by atoms with E-state index in [0.29, 0.717) is 47.1 Å². The molecular formula is C38H45Cl2N7O4. The van der Waals surface area contributed by atoms with Crippen molar-refractivity contribution in [2.45, 2.75) is 53.5 Å². The minimum atomic E-state index is -0.481. The molecule has 0 saturated carbocycles. The van der Waals surface area contributed by atoms with Gasteiger partial charge in [-0.3, -0.25) is 14.2 Å². The Bertz CT molecular complexity index is 1960. The van der Waals surface area contributed by atoms with Crippen molar-refractivity contribution in [1.82, 2.24) is 19.4 Å². The van der Waals surface area contributed by atoms with E-state index in [2.05, 4.69) is 34.4 Å². The molecule has 0 aliphatic rings. The molecule has 2 heterocycles. The summed E-state index contributed by atoms with van der Waals surface area (Å²) in [6.07, 6.45) is 5.68. The van der Waals surface area contributed by atoms with Crippen molar-refractivity contribution < 1.29 is 14.3 Å². The largest absolute Gasteiger partial charge is 0.495 e. The summed E-state index contributed by atoms with van der Waals surface area (Å²) in [5, 5.41) is 16.5. The van der Waals surface area contributed by atoms with E-state index in [-0.39, 0.29) is 44.8 Å². The van der Waals surface area contributed by atoms with Gasteiger partial charge in [-0.1, -0.05) is 69.1 Å². The highest BCUT2D eigenvalue weighted by Crippen LogP contribution is 2.45. The molecule has 2 N–H and O–H groups in total. The lowest BCUT2D eigenvalue weighted by Crippen LogP contribution is -2.25. The van der Waals surface area contributed by atoms with Gasteiger partial charge in [0.15, 0.2) is 0 Å². The van der Waals surface area contributed by atoms with Crippen LogP contribution in [-0.4, -0.2) is 65.7 Å². The Labute approximate surface area is 309 Å². The molecule has 0 radical (unpaired) electrons. The van der Waals surface area contributed by atoms with Gasteiger partial charge >= 0.3 is 0 Å². The molecule has 2 aromatic heterocycles. The van der Waals surface area contributed by atoms with Crippen LogP contribution in [0.15, 0.2) is 59.0 Å². The topological polar surface area (TPSA) is 134 Å². The molecule has 13 heteroatoms. The number of aromatic nitrogens is 3. The summed E-state index contributed by atoms with van der Waals surface area (Å²) in [6, 6.07) is 12.5. The van der Waals surface area contributed by atoms with Crippen LogP contribution in [0.3, 0.4) is 0 Å². The fourth-order valence-corrected chi connectivity index (χ4v) is 6.40. The van der Waals surface area contributed by atoms with Gasteiger partial charge in [-0.25, -0.2) is 4.98 Å². The van der Waals surface area contributed by atoms with Crippen LogP contribution in [0.1, 0.15) is 46.1 Å². The maximum absolute atomic E-state index is 14.4. The van der Waals surface area contributed by atoms with E-state index in [4.69, 9.17) is 37.7 Å². The van der Waals surface area contributed by atoms with E-state index in [9.17, 15) is 14.9 Å². The van der Waals surface area contributed by atoms with Crippen LogP contribution in [0.25, 0.3) is 22.2 Å². The summed E-state index contributed by atoms with van der Waals surface area (Å²) in [4.78, 5) is 38.9. The molecular weight excluding hydrogens is 689 g/mol. The fourth-order valence-electron chi connectivity index (χ4n) is 5.69. The number of amides is 1. The molecule has 0 atom stereocenters. The Morgan fingerprint density at radius 1 is 1.08 bits per heavy atom. The number of nitriles is 1. The Morgan fingerprint density at radius 2 is 1.78 bits per heavy atom. The number of hydrogen-bond acceptors (Lipinski definition) is 9. The summed E-state index contributed by atoms with van der Waals surface area (Å²) < 4.78 is 12.5. The number of nitrogens with zero attached hydrogens (tertiary/aromatic N) is 5. The van der Waals surface area contributed by atoms with Crippen molar-refractivity contribution in [3.63, 3.8) is 0 Å². The van der Waals surface area contributed by atoms with Gasteiger partial charge in [-0.15, -0.1) is 0 Å². The first-order valence-electron chi connectivity index (χ1n) is 17.0. The minimum Gasteiger partial charge on any atom is -0.495 e. The third kappa shape index (κ3) is 9.79. The zero-order valence-corrected chi connectivity index (χ0v) is 31.5. The van der Waals surface area contributed by atoms with E-state index in [1.165, 1.54) is 14.2 Å². The summed E-state index contributed by atoms with van der Waals surface area (Å²) in [7, 11) is 2.95. The van der Waals surface area contributed by atoms with Crippen LogP contribution in [-0.2, 0) is 17.8 Å². The Morgan fingerprint density at radius 3 is 2.41 bits per heavy atom. The van der Waals surface area contributed by atoms with Crippen molar-refractivity contribution in [1.29, 1.82) is 5.26 Å². The highest BCUT2D eigenvalue weighted by Gasteiger charge is 2.23. The van der Waals surface area contributed by atoms with Gasteiger partial charge in [0.2, 0.25) is 5.95 Å². The quantitative estimate of drug-likeness (QED) is 0.0639. The number of halogens is 2. The summed E-state index contributed by atoms with van der Waals surface area (Å²) in [5.74, 6) is 0.582. The molecule has 4 rings (SSSR count). The van der Waals surface area contributed by atoms with Gasteiger partial charge in [-0.2, -0.15) is 10.2 Å². The molecule has 11 nitrogen and oxygen atoms in total. The lowest BCUT2D eigenvalue weighted by Gasteiger charge is -2.18. The molecule has 270 valence electrons. The average Bonchev–Trinajstić information content (AvgIpc) is 3.12. The summed E-state index contributed by atoms with van der Waals surface area (Å²) >= 11 is 13.6. The molecule has 0 bridgehead atoms. The number of anilines is 2. The molecule has 0 fully saturated rings. The summed E-state index contributed by atoms with van der Waals surface area (Å²) in [5.41, 5.74) is 2.01. The van der Waals surface area contributed by atoms with Crippen LogP contribution < -0.4 is 25.7 Å². The monoisotopic (exact) mass is 733 g/mol. The predicted octanol–water partition coefficient (Wildman–Crippen LogP) is 7.60. The number of pyridine rings is 1. The Hall–Kier alpha value is -4.63. The van der Waals surface area contributed by atoms with Crippen LogP contribution in [0.5, 0.6) is 11.5 Å². The number of unbranched alkanes of at least 4 members (excludes halogenated alkanes) is 1. The normalized spacial score (nSPS) is 11.6. The van der Waals surface area contributed by atoms with E-state index < -0.39 is 5.91 Å². The number of nitrogens with one attached hydrogen (secondary N) is 2. The highest BCUT2D eigenvalue weighted by atomic mass is 35.5. The third-order valence-electron chi connectivity index (χ3n) is 8.42. The number of carbonyl (C=O) groups excluding carboxylic acids is 1. The van der Waals surface area contributed by atoms with Crippen LogP contribution in [0, 0.1) is 17.2 Å². The first-order chi connectivity index (χ1) is 24.5. The first-order valence-corrected chi connectivity index (χ1v) is 17.8. The number of rotatable bonds is 17. The number of allylic oxidation sites excluding steroid dienone is 1. The Balaban J connectivity index is 1.72. The van der Waals surface area contributed by atoms with Crippen molar-refractivity contribution >= 4 is 51.8 Å². The van der Waals surface area contributed by atoms with E-state index in [1.54, 1.807) is 35.0 Å². The lowest BCUT2D eigenvalue weighted by molar-refractivity contribution is -0.112. The number of hydrogen-bond donors (Lipinski definition) is 2. The number of aryl methyl sites for hydroxylation is 2. The predicted molar refractivity (Wildman–Crippen MR) is 205 cm³/mol. The first kappa shape index (κ1) is 39.2. The molecule has 0 aliphatic heterocycles. The van der Waals surface area contributed by atoms with Crippen molar-refractivity contribution in [3.8, 4) is 28.7 Å². The fraction of sp³-hybridized carbons (Fsp3) is 0.395. The lowest BCUT2D eigenvalue weighted by atomic mass is 10.0. The van der Waals surface area contributed by atoms with Gasteiger partial charge in [-0.05, 0) is 68.6 Å². The number of methoxy groups -OCH3 is 2. The zero-order valence-electron chi connectivity index (χ0n) is 30.0.